The lowest BCUT2D eigenvalue weighted by Crippen LogP contribution is -2.14. The van der Waals surface area contributed by atoms with E-state index < -0.39 is 17.0 Å². The van der Waals surface area contributed by atoms with E-state index in [1.165, 1.54) is 6.20 Å². The van der Waals surface area contributed by atoms with Crippen LogP contribution in [0.1, 0.15) is 12.6 Å². The normalized spacial score (nSPS) is 9.86. The van der Waals surface area contributed by atoms with Crippen molar-refractivity contribution in [2.24, 2.45) is 0 Å². The third-order valence-electron chi connectivity index (χ3n) is 1.44. The van der Waals surface area contributed by atoms with Crippen molar-refractivity contribution in [3.05, 3.63) is 22.0 Å². The number of carbonyl (C=O) groups excluding carboxylic acids is 1. The topological polar surface area (TPSA) is 87.3 Å². The summed E-state index contributed by atoms with van der Waals surface area (Å²) in [4.78, 5) is 24.5. The minimum Gasteiger partial charge on any atom is -0.437 e. The van der Waals surface area contributed by atoms with Crippen LogP contribution in [-0.4, -0.2) is 27.2 Å². The van der Waals surface area contributed by atoms with Crippen molar-refractivity contribution in [1.29, 1.82) is 0 Å². The molecule has 0 aliphatic heterocycles. The van der Waals surface area contributed by atoms with Gasteiger partial charge in [0.05, 0.1) is 6.61 Å². The summed E-state index contributed by atoms with van der Waals surface area (Å²) >= 11 is 0. The molecule has 0 aliphatic carbocycles. The third kappa shape index (κ3) is 1.87. The largest absolute Gasteiger partial charge is 0.483 e. The minimum absolute atomic E-state index is 0.160. The van der Waals surface area contributed by atoms with Gasteiger partial charge in [0.2, 0.25) is 0 Å². The van der Waals surface area contributed by atoms with Gasteiger partial charge in [-0.3, -0.25) is 0 Å². The van der Waals surface area contributed by atoms with Crippen molar-refractivity contribution in [2.75, 3.05) is 6.61 Å². The average Bonchev–Trinajstić information content (AvgIpc) is 2.48. The zero-order valence-electron chi connectivity index (χ0n) is 7.76. The molecule has 7 heteroatoms. The zero-order valence-corrected chi connectivity index (χ0v) is 7.76. The molecule has 0 aliphatic rings. The Kier molecular flexibility index (Phi) is 2.80. The van der Waals surface area contributed by atoms with Gasteiger partial charge in [-0.1, -0.05) is 4.98 Å². The number of aryl methyl sites for hydroxylation is 1. The van der Waals surface area contributed by atoms with E-state index in [1.807, 2.05) is 0 Å². The van der Waals surface area contributed by atoms with Crippen LogP contribution in [0.5, 0.6) is 0 Å². The standard InChI is InChI=1S/C7H9N3O4/c1-3-14-7(11)9-4-5(2)8-6(9)10(12)13/h4H,3H2,1-2H3. The van der Waals surface area contributed by atoms with Crippen molar-refractivity contribution in [3.8, 4) is 0 Å². The molecule has 1 heterocycles. The summed E-state index contributed by atoms with van der Waals surface area (Å²) in [5.41, 5.74) is 0.393. The summed E-state index contributed by atoms with van der Waals surface area (Å²) < 4.78 is 5.39. The third-order valence-corrected chi connectivity index (χ3v) is 1.44. The van der Waals surface area contributed by atoms with Crippen LogP contribution in [0.25, 0.3) is 0 Å². The summed E-state index contributed by atoms with van der Waals surface area (Å²) in [6.45, 7) is 3.34. The Balaban J connectivity index is 3.06. The van der Waals surface area contributed by atoms with Crippen molar-refractivity contribution in [2.45, 2.75) is 13.8 Å². The van der Waals surface area contributed by atoms with E-state index in [0.717, 1.165) is 4.57 Å². The van der Waals surface area contributed by atoms with Crippen LogP contribution >= 0.6 is 0 Å². The second-order valence-electron chi connectivity index (χ2n) is 2.51. The Hall–Kier alpha value is -1.92. The van der Waals surface area contributed by atoms with E-state index in [1.54, 1.807) is 13.8 Å². The first-order chi connectivity index (χ1) is 6.56. The van der Waals surface area contributed by atoms with Crippen molar-refractivity contribution in [1.82, 2.24) is 9.55 Å². The second kappa shape index (κ2) is 3.86. The molecule has 0 N–H and O–H groups in total. The van der Waals surface area contributed by atoms with Gasteiger partial charge in [-0.15, -0.1) is 4.57 Å². The molecular weight excluding hydrogens is 190 g/mol. The molecule has 0 unspecified atom stereocenters. The van der Waals surface area contributed by atoms with Crippen LogP contribution in [-0.2, 0) is 4.74 Å². The van der Waals surface area contributed by atoms with E-state index in [0.29, 0.717) is 5.69 Å². The molecule has 0 aromatic carbocycles. The molecule has 0 atom stereocenters. The minimum atomic E-state index is -0.792. The maximum Gasteiger partial charge on any atom is 0.483 e. The van der Waals surface area contributed by atoms with Crippen LogP contribution in [0.4, 0.5) is 10.7 Å². The Morgan fingerprint density at radius 1 is 1.79 bits per heavy atom. The van der Waals surface area contributed by atoms with Gasteiger partial charge in [-0.05, 0) is 18.8 Å². The summed E-state index contributed by atoms with van der Waals surface area (Å²) in [5.74, 6) is -0.527. The summed E-state index contributed by atoms with van der Waals surface area (Å²) in [7, 11) is 0. The van der Waals surface area contributed by atoms with Crippen molar-refractivity contribution in [3.63, 3.8) is 0 Å². The van der Waals surface area contributed by atoms with E-state index >= 15 is 0 Å². The molecule has 7 nitrogen and oxygen atoms in total. The number of aromatic nitrogens is 2. The van der Waals surface area contributed by atoms with Gasteiger partial charge in [-0.25, -0.2) is 4.79 Å². The average molecular weight is 199 g/mol. The molecular formula is C7H9N3O4. The Bertz CT molecular complexity index is 371. The van der Waals surface area contributed by atoms with Gasteiger partial charge < -0.3 is 14.9 Å². The van der Waals surface area contributed by atoms with E-state index in [2.05, 4.69) is 9.72 Å². The van der Waals surface area contributed by atoms with E-state index in [4.69, 9.17) is 0 Å². The quantitative estimate of drug-likeness (QED) is 0.525. The molecule has 76 valence electrons. The predicted molar refractivity (Wildman–Crippen MR) is 46.0 cm³/mol. The number of nitrogens with zero attached hydrogens (tertiary/aromatic N) is 3. The molecule has 0 fully saturated rings. The molecule has 1 aromatic heterocycles. The predicted octanol–water partition coefficient (Wildman–Crippen LogP) is 1.10. The van der Waals surface area contributed by atoms with Gasteiger partial charge >= 0.3 is 12.0 Å². The molecule has 14 heavy (non-hydrogen) atoms. The molecule has 0 saturated carbocycles. The smallest absolute Gasteiger partial charge is 0.437 e. The molecule has 0 saturated heterocycles. The highest BCUT2D eigenvalue weighted by molar-refractivity contribution is 5.72. The van der Waals surface area contributed by atoms with Crippen LogP contribution in [0, 0.1) is 17.0 Å². The van der Waals surface area contributed by atoms with Gasteiger partial charge in [0.25, 0.3) is 0 Å². The lowest BCUT2D eigenvalue weighted by atomic mass is 10.6. The highest BCUT2D eigenvalue weighted by Crippen LogP contribution is 2.11. The van der Waals surface area contributed by atoms with Crippen LogP contribution in [0.15, 0.2) is 6.20 Å². The molecule has 0 radical (unpaired) electrons. The first-order valence-corrected chi connectivity index (χ1v) is 3.93. The lowest BCUT2D eigenvalue weighted by molar-refractivity contribution is -0.395. The highest BCUT2D eigenvalue weighted by atomic mass is 16.6. The monoisotopic (exact) mass is 199 g/mol. The Morgan fingerprint density at radius 2 is 2.43 bits per heavy atom. The molecule has 1 aromatic rings. The number of imidazole rings is 1. The first-order valence-electron chi connectivity index (χ1n) is 3.93. The van der Waals surface area contributed by atoms with Gasteiger partial charge in [-0.2, -0.15) is 0 Å². The van der Waals surface area contributed by atoms with Gasteiger partial charge in [0, 0.05) is 0 Å². The number of nitro groups is 1. The number of hydrogen-bond donors (Lipinski definition) is 0. The molecule has 1 rings (SSSR count). The first kappa shape index (κ1) is 10.2. The molecule has 0 bridgehead atoms. The van der Waals surface area contributed by atoms with Crippen LogP contribution in [0.3, 0.4) is 0 Å². The van der Waals surface area contributed by atoms with E-state index in [9.17, 15) is 14.9 Å². The van der Waals surface area contributed by atoms with Gasteiger partial charge in [0.1, 0.15) is 11.9 Å². The highest BCUT2D eigenvalue weighted by Gasteiger charge is 2.23. The zero-order chi connectivity index (χ0) is 10.7. The lowest BCUT2D eigenvalue weighted by Gasteiger charge is -1.98. The Labute approximate surface area is 79.5 Å². The Morgan fingerprint density at radius 3 is 2.93 bits per heavy atom. The van der Waals surface area contributed by atoms with E-state index in [-0.39, 0.29) is 6.61 Å². The van der Waals surface area contributed by atoms with Gasteiger partial charge in [0.15, 0.2) is 0 Å². The maximum atomic E-state index is 11.2. The number of hydrogen-bond acceptors (Lipinski definition) is 5. The fourth-order valence-corrected chi connectivity index (χ4v) is 0.941. The maximum absolute atomic E-state index is 11.2. The number of ether oxygens (including phenoxy) is 1. The summed E-state index contributed by atoms with van der Waals surface area (Å²) in [5, 5.41) is 10.5. The fraction of sp³-hybridized carbons (Fsp3) is 0.429. The van der Waals surface area contributed by atoms with Crippen LogP contribution < -0.4 is 0 Å². The van der Waals surface area contributed by atoms with Crippen LogP contribution in [0.2, 0.25) is 0 Å². The summed E-state index contributed by atoms with van der Waals surface area (Å²) in [6.07, 6.45) is 0.468. The fourth-order valence-electron chi connectivity index (χ4n) is 0.941. The molecule has 0 amide bonds. The summed E-state index contributed by atoms with van der Waals surface area (Å²) in [6, 6.07) is 0. The van der Waals surface area contributed by atoms with Crippen molar-refractivity contribution < 1.29 is 14.5 Å². The number of rotatable bonds is 2. The number of carbonyl (C=O) groups is 1. The SMILES string of the molecule is CCOC(=O)n1cc(C)nc1[N+](=O)[O-]. The van der Waals surface area contributed by atoms with Crippen molar-refractivity contribution >= 4 is 12.0 Å². The second-order valence-corrected chi connectivity index (χ2v) is 2.51. The molecule has 0 spiro atoms.